The van der Waals surface area contributed by atoms with Crippen LogP contribution in [0.5, 0.6) is 0 Å². The summed E-state index contributed by atoms with van der Waals surface area (Å²) in [4.78, 5) is 2.19. The molecule has 114 valence electrons. The van der Waals surface area contributed by atoms with Crippen LogP contribution in [0, 0.1) is 5.92 Å². The van der Waals surface area contributed by atoms with Crippen LogP contribution >= 0.6 is 0 Å². The molecule has 0 aliphatic carbocycles. The van der Waals surface area contributed by atoms with Crippen LogP contribution in [0.4, 0.5) is 0 Å². The number of nitrogens with zero attached hydrogens (tertiary/aromatic N) is 3. The zero-order valence-corrected chi connectivity index (χ0v) is 13.3. The smallest absolute Gasteiger partial charge is 0.0683 e. The van der Waals surface area contributed by atoms with Gasteiger partial charge in [0.15, 0.2) is 0 Å². The fourth-order valence-electron chi connectivity index (χ4n) is 3.08. The van der Waals surface area contributed by atoms with Crippen molar-refractivity contribution in [3.63, 3.8) is 0 Å². The lowest BCUT2D eigenvalue weighted by Gasteiger charge is -2.28. The predicted octanol–water partition coefficient (Wildman–Crippen LogP) is 2.66. The summed E-state index contributed by atoms with van der Waals surface area (Å²) in [6, 6.07) is 7.31. The maximum Gasteiger partial charge on any atom is 0.0683 e. The van der Waals surface area contributed by atoms with Crippen molar-refractivity contribution in [3.8, 4) is 0 Å². The topological polar surface area (TPSA) is 33.1 Å². The molecular formula is C17H26N4. The average Bonchev–Trinajstić information content (AvgIpc) is 2.88. The summed E-state index contributed by atoms with van der Waals surface area (Å²) in [7, 11) is 4.19. The maximum atomic E-state index is 4.54. The van der Waals surface area contributed by atoms with Crippen molar-refractivity contribution >= 4 is 10.9 Å². The van der Waals surface area contributed by atoms with Gasteiger partial charge in [-0.15, -0.1) is 0 Å². The van der Waals surface area contributed by atoms with E-state index >= 15 is 0 Å². The maximum absolute atomic E-state index is 4.54. The summed E-state index contributed by atoms with van der Waals surface area (Å²) in [5, 5.41) is 9.45. The molecule has 1 N–H and O–H groups in total. The lowest BCUT2D eigenvalue weighted by atomic mass is 9.92. The Balaban J connectivity index is 1.78. The lowest BCUT2D eigenvalue weighted by molar-refractivity contribution is 0.333. The normalized spacial score (nSPS) is 23.0. The minimum atomic E-state index is 0.510. The summed E-state index contributed by atoms with van der Waals surface area (Å²) in [5.74, 6) is 0.804. The van der Waals surface area contributed by atoms with Crippen LogP contribution < -0.4 is 5.32 Å². The van der Waals surface area contributed by atoms with E-state index in [0.29, 0.717) is 6.04 Å². The van der Waals surface area contributed by atoms with E-state index in [0.717, 1.165) is 25.6 Å². The molecule has 3 rings (SSSR count). The minimum absolute atomic E-state index is 0.510. The van der Waals surface area contributed by atoms with E-state index in [4.69, 9.17) is 0 Å². The van der Waals surface area contributed by atoms with Crippen molar-refractivity contribution in [2.24, 2.45) is 5.92 Å². The molecule has 2 aromatic rings. The number of benzene rings is 1. The van der Waals surface area contributed by atoms with Gasteiger partial charge in [-0.2, -0.15) is 5.10 Å². The number of rotatable bonds is 4. The van der Waals surface area contributed by atoms with Crippen molar-refractivity contribution in [1.82, 2.24) is 20.0 Å². The molecule has 1 aromatic heterocycles. The third kappa shape index (κ3) is 3.27. The third-order valence-electron chi connectivity index (χ3n) is 4.49. The molecule has 0 radical (unpaired) electrons. The quantitative estimate of drug-likeness (QED) is 0.938. The second-order valence-electron chi connectivity index (χ2n) is 6.63. The second-order valence-corrected chi connectivity index (χ2v) is 6.63. The Hall–Kier alpha value is -1.39. The highest BCUT2D eigenvalue weighted by atomic mass is 15.3. The molecule has 4 heteroatoms. The fourth-order valence-corrected chi connectivity index (χ4v) is 3.08. The molecule has 1 aliphatic rings. The van der Waals surface area contributed by atoms with Gasteiger partial charge in [-0.1, -0.05) is 13.0 Å². The Kier molecular flexibility index (Phi) is 4.27. The van der Waals surface area contributed by atoms with E-state index in [9.17, 15) is 0 Å². The zero-order chi connectivity index (χ0) is 14.8. The second kappa shape index (κ2) is 6.16. The standard InChI is InChI=1S/C17H26N4/c1-13-4-6-16(18-11-13)14-5-7-17-15(10-14)12-19-21(17)9-8-20(2)3/h5,7,10,12-13,16,18H,4,6,8-9,11H2,1-3H3/t13-,16+/m1/s1. The number of likely N-dealkylation sites (N-methyl/N-ethyl adjacent to an activating group) is 1. The number of piperidine rings is 1. The number of hydrogen-bond donors (Lipinski definition) is 1. The molecule has 0 bridgehead atoms. The molecule has 1 fully saturated rings. The molecule has 2 atom stereocenters. The van der Waals surface area contributed by atoms with Gasteiger partial charge in [-0.05, 0) is 57.1 Å². The first-order chi connectivity index (χ1) is 10.1. The summed E-state index contributed by atoms with van der Waals surface area (Å²) in [6.45, 7) is 5.40. The lowest BCUT2D eigenvalue weighted by Crippen LogP contribution is -2.31. The number of nitrogens with one attached hydrogen (secondary N) is 1. The van der Waals surface area contributed by atoms with Gasteiger partial charge in [0.25, 0.3) is 0 Å². The summed E-state index contributed by atoms with van der Waals surface area (Å²) in [6.07, 6.45) is 4.55. The van der Waals surface area contributed by atoms with Crippen molar-refractivity contribution < 1.29 is 0 Å². The molecule has 1 aromatic carbocycles. The van der Waals surface area contributed by atoms with Crippen LogP contribution in [-0.2, 0) is 6.54 Å². The Morgan fingerprint density at radius 2 is 2.19 bits per heavy atom. The minimum Gasteiger partial charge on any atom is -0.310 e. The highest BCUT2D eigenvalue weighted by Gasteiger charge is 2.19. The Morgan fingerprint density at radius 1 is 1.33 bits per heavy atom. The Labute approximate surface area is 127 Å². The zero-order valence-electron chi connectivity index (χ0n) is 13.3. The molecule has 0 saturated carbocycles. The molecular weight excluding hydrogens is 260 g/mol. The van der Waals surface area contributed by atoms with Gasteiger partial charge in [0.2, 0.25) is 0 Å². The van der Waals surface area contributed by atoms with E-state index in [1.807, 2.05) is 6.20 Å². The van der Waals surface area contributed by atoms with Gasteiger partial charge in [-0.3, -0.25) is 4.68 Å². The summed E-state index contributed by atoms with van der Waals surface area (Å²) in [5.41, 5.74) is 2.64. The summed E-state index contributed by atoms with van der Waals surface area (Å²) >= 11 is 0. The highest BCUT2D eigenvalue weighted by Crippen LogP contribution is 2.27. The van der Waals surface area contributed by atoms with Crippen molar-refractivity contribution in [2.75, 3.05) is 27.2 Å². The van der Waals surface area contributed by atoms with Gasteiger partial charge >= 0.3 is 0 Å². The van der Waals surface area contributed by atoms with Crippen LogP contribution in [-0.4, -0.2) is 41.9 Å². The Bertz CT molecular complexity index is 594. The molecule has 1 saturated heterocycles. The van der Waals surface area contributed by atoms with Gasteiger partial charge < -0.3 is 10.2 Å². The number of hydrogen-bond acceptors (Lipinski definition) is 3. The van der Waals surface area contributed by atoms with E-state index in [-0.39, 0.29) is 0 Å². The van der Waals surface area contributed by atoms with Crippen LogP contribution in [0.15, 0.2) is 24.4 Å². The summed E-state index contributed by atoms with van der Waals surface area (Å²) < 4.78 is 2.11. The molecule has 2 heterocycles. The predicted molar refractivity (Wildman–Crippen MR) is 87.4 cm³/mol. The molecule has 0 unspecified atom stereocenters. The van der Waals surface area contributed by atoms with Gasteiger partial charge in [0.1, 0.15) is 0 Å². The SMILES string of the molecule is C[C@@H]1CC[C@@H](c2ccc3c(cnn3CCN(C)C)c2)NC1. The van der Waals surface area contributed by atoms with Crippen molar-refractivity contribution in [1.29, 1.82) is 0 Å². The van der Waals surface area contributed by atoms with E-state index < -0.39 is 0 Å². The Morgan fingerprint density at radius 3 is 2.90 bits per heavy atom. The van der Waals surface area contributed by atoms with Gasteiger partial charge in [0.05, 0.1) is 18.3 Å². The van der Waals surface area contributed by atoms with E-state index in [2.05, 4.69) is 59.2 Å². The largest absolute Gasteiger partial charge is 0.310 e. The first-order valence-electron chi connectivity index (χ1n) is 7.97. The highest BCUT2D eigenvalue weighted by molar-refractivity contribution is 5.79. The van der Waals surface area contributed by atoms with Crippen LogP contribution in [0.2, 0.25) is 0 Å². The molecule has 4 nitrogen and oxygen atoms in total. The van der Waals surface area contributed by atoms with E-state index in [1.54, 1.807) is 0 Å². The number of fused-ring (bicyclic) bond motifs is 1. The molecule has 0 spiro atoms. The van der Waals surface area contributed by atoms with Crippen molar-refractivity contribution in [2.45, 2.75) is 32.4 Å². The van der Waals surface area contributed by atoms with Gasteiger partial charge in [0, 0.05) is 18.0 Å². The molecule has 1 aliphatic heterocycles. The monoisotopic (exact) mass is 286 g/mol. The van der Waals surface area contributed by atoms with E-state index in [1.165, 1.54) is 29.3 Å². The number of aromatic nitrogens is 2. The first-order valence-corrected chi connectivity index (χ1v) is 7.97. The van der Waals surface area contributed by atoms with Crippen LogP contribution in [0.3, 0.4) is 0 Å². The van der Waals surface area contributed by atoms with Crippen LogP contribution in [0.1, 0.15) is 31.4 Å². The fraction of sp³-hybridized carbons (Fsp3) is 0.588. The van der Waals surface area contributed by atoms with Gasteiger partial charge in [-0.25, -0.2) is 0 Å². The third-order valence-corrected chi connectivity index (χ3v) is 4.49. The average molecular weight is 286 g/mol. The molecule has 0 amide bonds. The molecule has 21 heavy (non-hydrogen) atoms. The first kappa shape index (κ1) is 14.5. The van der Waals surface area contributed by atoms with Crippen LogP contribution in [0.25, 0.3) is 10.9 Å². The van der Waals surface area contributed by atoms with Crippen molar-refractivity contribution in [3.05, 3.63) is 30.0 Å².